The molecule has 1 aromatic heterocycles. The minimum Gasteiger partial charge on any atom is -0.349 e. The molecular weight excluding hydrogens is 282 g/mol. The Morgan fingerprint density at radius 3 is 2.86 bits per heavy atom. The molecule has 110 valence electrons. The van der Waals surface area contributed by atoms with Crippen LogP contribution in [0.1, 0.15) is 18.5 Å². The van der Waals surface area contributed by atoms with Crippen LogP contribution in [0.2, 0.25) is 0 Å². The first-order valence-corrected chi connectivity index (χ1v) is 8.16. The molecule has 2 aromatic rings. The van der Waals surface area contributed by atoms with Crippen molar-refractivity contribution in [1.82, 2.24) is 15.6 Å². The minimum atomic E-state index is 0.0323. The molecule has 1 heterocycles. The second-order valence-corrected chi connectivity index (χ2v) is 6.22. The fraction of sp³-hybridized carbons (Fsp3) is 0.375. The summed E-state index contributed by atoms with van der Waals surface area (Å²) in [5.74, 6) is 0.828. The number of hydrogen-bond acceptors (Lipinski definition) is 4. The van der Waals surface area contributed by atoms with Crippen molar-refractivity contribution in [2.24, 2.45) is 5.92 Å². The third-order valence-electron chi connectivity index (χ3n) is 3.45. The lowest BCUT2D eigenvalue weighted by molar-refractivity contribution is -0.120. The van der Waals surface area contributed by atoms with Crippen LogP contribution in [0.25, 0.3) is 10.6 Å². The summed E-state index contributed by atoms with van der Waals surface area (Å²) in [6.45, 7) is 1.85. The number of benzene rings is 1. The summed E-state index contributed by atoms with van der Waals surface area (Å²) >= 11 is 1.61. The Morgan fingerprint density at radius 1 is 1.29 bits per heavy atom. The summed E-state index contributed by atoms with van der Waals surface area (Å²) in [7, 11) is 0. The van der Waals surface area contributed by atoms with Gasteiger partial charge in [0.25, 0.3) is 0 Å². The summed E-state index contributed by atoms with van der Waals surface area (Å²) in [5, 5.41) is 9.08. The number of amides is 1. The van der Waals surface area contributed by atoms with Crippen molar-refractivity contribution in [3.8, 4) is 10.6 Å². The van der Waals surface area contributed by atoms with Crippen LogP contribution in [0, 0.1) is 5.92 Å². The van der Waals surface area contributed by atoms with Gasteiger partial charge in [-0.25, -0.2) is 4.98 Å². The zero-order valence-electron chi connectivity index (χ0n) is 11.8. The first kappa shape index (κ1) is 14.2. The van der Waals surface area contributed by atoms with Gasteiger partial charge in [-0.05, 0) is 25.3 Å². The summed E-state index contributed by atoms with van der Waals surface area (Å²) < 4.78 is 0. The Morgan fingerprint density at radius 2 is 2.10 bits per heavy atom. The van der Waals surface area contributed by atoms with Gasteiger partial charge < -0.3 is 10.6 Å². The molecular formula is C16H19N3OS. The fourth-order valence-corrected chi connectivity index (χ4v) is 2.89. The second kappa shape index (κ2) is 6.83. The molecule has 0 saturated heterocycles. The molecule has 0 spiro atoms. The summed E-state index contributed by atoms with van der Waals surface area (Å²) in [5.41, 5.74) is 2.03. The highest BCUT2D eigenvalue weighted by molar-refractivity contribution is 7.13. The fourth-order valence-electron chi connectivity index (χ4n) is 2.06. The van der Waals surface area contributed by atoms with Crippen LogP contribution in [0.3, 0.4) is 0 Å². The van der Waals surface area contributed by atoms with E-state index in [1.165, 1.54) is 12.8 Å². The molecule has 5 heteroatoms. The van der Waals surface area contributed by atoms with Crippen LogP contribution in [0.4, 0.5) is 0 Å². The van der Waals surface area contributed by atoms with Crippen molar-refractivity contribution in [3.63, 3.8) is 0 Å². The van der Waals surface area contributed by atoms with Gasteiger partial charge in [-0.1, -0.05) is 30.3 Å². The SMILES string of the molecule is O=C(CNCC1CC1)NCc1csc(-c2ccccc2)n1. The average Bonchev–Trinajstić information content (AvgIpc) is 3.21. The largest absolute Gasteiger partial charge is 0.349 e. The molecule has 0 aliphatic heterocycles. The molecule has 0 unspecified atom stereocenters. The summed E-state index contributed by atoms with van der Waals surface area (Å²) in [6.07, 6.45) is 2.60. The van der Waals surface area contributed by atoms with Crippen LogP contribution < -0.4 is 10.6 Å². The molecule has 0 radical (unpaired) electrons. The predicted octanol–water partition coefficient (Wildman–Crippen LogP) is 2.43. The quantitative estimate of drug-likeness (QED) is 0.826. The number of rotatable bonds is 7. The Labute approximate surface area is 128 Å². The first-order valence-electron chi connectivity index (χ1n) is 7.28. The third kappa shape index (κ3) is 4.37. The number of nitrogens with one attached hydrogen (secondary N) is 2. The molecule has 2 N–H and O–H groups in total. The Bertz CT molecular complexity index is 593. The highest BCUT2D eigenvalue weighted by Crippen LogP contribution is 2.27. The van der Waals surface area contributed by atoms with Crippen molar-refractivity contribution < 1.29 is 4.79 Å². The molecule has 1 aliphatic carbocycles. The maximum Gasteiger partial charge on any atom is 0.234 e. The Kier molecular flexibility index (Phi) is 4.62. The van der Waals surface area contributed by atoms with Crippen molar-refractivity contribution in [2.45, 2.75) is 19.4 Å². The topological polar surface area (TPSA) is 54.0 Å². The molecule has 1 amide bonds. The number of nitrogens with zero attached hydrogens (tertiary/aromatic N) is 1. The van der Waals surface area contributed by atoms with E-state index in [1.807, 2.05) is 35.7 Å². The number of thiazole rings is 1. The van der Waals surface area contributed by atoms with E-state index in [0.717, 1.165) is 28.7 Å². The number of carbonyl (C=O) groups excluding carboxylic acids is 1. The third-order valence-corrected chi connectivity index (χ3v) is 4.39. The lowest BCUT2D eigenvalue weighted by Gasteiger charge is -2.04. The monoisotopic (exact) mass is 301 g/mol. The maximum atomic E-state index is 11.7. The van der Waals surface area contributed by atoms with E-state index in [2.05, 4.69) is 15.6 Å². The minimum absolute atomic E-state index is 0.0323. The van der Waals surface area contributed by atoms with Crippen LogP contribution >= 0.6 is 11.3 Å². The zero-order chi connectivity index (χ0) is 14.5. The Hall–Kier alpha value is -1.72. The molecule has 0 atom stereocenters. The van der Waals surface area contributed by atoms with E-state index in [1.54, 1.807) is 11.3 Å². The highest BCUT2D eigenvalue weighted by Gasteiger charge is 2.20. The second-order valence-electron chi connectivity index (χ2n) is 5.36. The Balaban J connectivity index is 1.44. The van der Waals surface area contributed by atoms with Gasteiger partial charge in [0.05, 0.1) is 18.8 Å². The van der Waals surface area contributed by atoms with Gasteiger partial charge in [0.1, 0.15) is 5.01 Å². The standard InChI is InChI=1S/C16H19N3OS/c20-15(10-17-8-12-6-7-12)18-9-14-11-21-16(19-14)13-4-2-1-3-5-13/h1-5,11-12,17H,6-10H2,(H,18,20). The lowest BCUT2D eigenvalue weighted by atomic mass is 10.2. The van der Waals surface area contributed by atoms with E-state index in [4.69, 9.17) is 0 Å². The summed E-state index contributed by atoms with van der Waals surface area (Å²) in [4.78, 5) is 16.3. The van der Waals surface area contributed by atoms with Gasteiger partial charge in [0.2, 0.25) is 5.91 Å². The van der Waals surface area contributed by atoms with E-state index in [9.17, 15) is 4.79 Å². The van der Waals surface area contributed by atoms with Crippen LogP contribution in [0.15, 0.2) is 35.7 Å². The average molecular weight is 301 g/mol. The molecule has 0 bridgehead atoms. The van der Waals surface area contributed by atoms with Crippen molar-refractivity contribution in [2.75, 3.05) is 13.1 Å². The van der Waals surface area contributed by atoms with Crippen molar-refractivity contribution in [3.05, 3.63) is 41.4 Å². The van der Waals surface area contributed by atoms with Gasteiger partial charge in [-0.2, -0.15) is 0 Å². The zero-order valence-corrected chi connectivity index (χ0v) is 12.7. The molecule has 1 saturated carbocycles. The normalized spacial score (nSPS) is 14.1. The van der Waals surface area contributed by atoms with Crippen molar-refractivity contribution in [1.29, 1.82) is 0 Å². The van der Waals surface area contributed by atoms with Crippen molar-refractivity contribution >= 4 is 17.2 Å². The molecule has 1 fully saturated rings. The van der Waals surface area contributed by atoms with E-state index in [0.29, 0.717) is 13.1 Å². The highest BCUT2D eigenvalue weighted by atomic mass is 32.1. The molecule has 3 rings (SSSR count). The maximum absolute atomic E-state index is 11.7. The van der Waals surface area contributed by atoms with Crippen LogP contribution in [-0.2, 0) is 11.3 Å². The first-order chi connectivity index (χ1) is 10.3. The van der Waals surface area contributed by atoms with Crippen LogP contribution in [-0.4, -0.2) is 24.0 Å². The van der Waals surface area contributed by atoms with Gasteiger partial charge in [0, 0.05) is 10.9 Å². The lowest BCUT2D eigenvalue weighted by Crippen LogP contribution is -2.34. The predicted molar refractivity (Wildman–Crippen MR) is 85.0 cm³/mol. The van der Waals surface area contributed by atoms with Gasteiger partial charge in [0.15, 0.2) is 0 Å². The molecule has 21 heavy (non-hydrogen) atoms. The number of carbonyl (C=O) groups is 1. The molecule has 1 aromatic carbocycles. The van der Waals surface area contributed by atoms with Crippen LogP contribution in [0.5, 0.6) is 0 Å². The number of hydrogen-bond donors (Lipinski definition) is 2. The van der Waals surface area contributed by atoms with Gasteiger partial charge in [-0.15, -0.1) is 11.3 Å². The smallest absolute Gasteiger partial charge is 0.234 e. The van der Waals surface area contributed by atoms with E-state index in [-0.39, 0.29) is 5.91 Å². The van der Waals surface area contributed by atoms with Gasteiger partial charge in [-0.3, -0.25) is 4.79 Å². The van der Waals surface area contributed by atoms with E-state index >= 15 is 0 Å². The summed E-state index contributed by atoms with van der Waals surface area (Å²) in [6, 6.07) is 10.1. The molecule has 1 aliphatic rings. The molecule has 4 nitrogen and oxygen atoms in total. The van der Waals surface area contributed by atoms with E-state index < -0.39 is 0 Å². The number of aromatic nitrogens is 1. The van der Waals surface area contributed by atoms with Gasteiger partial charge >= 0.3 is 0 Å².